The highest BCUT2D eigenvalue weighted by Crippen LogP contribution is 2.56. The predicted octanol–water partition coefficient (Wildman–Crippen LogP) is 3.25. The van der Waals surface area contributed by atoms with Gasteiger partial charge >= 0.3 is 0 Å². The van der Waals surface area contributed by atoms with Crippen molar-refractivity contribution in [1.29, 1.82) is 0 Å². The van der Waals surface area contributed by atoms with Gasteiger partial charge < -0.3 is 20.3 Å². The lowest BCUT2D eigenvalue weighted by atomic mass is 9.81. The van der Waals surface area contributed by atoms with Gasteiger partial charge in [-0.1, -0.05) is 12.1 Å². The van der Waals surface area contributed by atoms with Crippen molar-refractivity contribution in [2.45, 2.75) is 45.3 Å². The van der Waals surface area contributed by atoms with Crippen molar-refractivity contribution in [2.24, 2.45) is 11.3 Å². The van der Waals surface area contributed by atoms with Crippen LogP contribution in [0.2, 0.25) is 0 Å². The number of aliphatic hydroxyl groups excluding tert-OH is 1. The molecule has 0 unspecified atom stereocenters. The summed E-state index contributed by atoms with van der Waals surface area (Å²) in [6.07, 6.45) is 5.31. The average Bonchev–Trinajstić information content (AvgIpc) is 3.36. The van der Waals surface area contributed by atoms with Crippen LogP contribution >= 0.6 is 0 Å². The molecule has 1 saturated carbocycles. The molecule has 32 heavy (non-hydrogen) atoms. The summed E-state index contributed by atoms with van der Waals surface area (Å²) in [5, 5.41) is 14.7. The smallest absolute Gasteiger partial charge is 0.224 e. The molecule has 5 rings (SSSR count). The summed E-state index contributed by atoms with van der Waals surface area (Å²) in [5.74, 6) is 0.506. The lowest BCUT2D eigenvalue weighted by molar-refractivity contribution is -0.129. The third-order valence-corrected chi connectivity index (χ3v) is 7.14. The largest absolute Gasteiger partial charge is 0.386 e. The molecule has 2 aliphatic rings. The molecule has 3 heterocycles. The molecular weight excluding hydrogens is 409 g/mol. The molecular formula is C24H28FN5O2. The fraction of sp³-hybridized carbons (Fsp3) is 0.458. The first-order valence-electron chi connectivity index (χ1n) is 11.2. The number of carbonyl (C=O) groups excluding carboxylic acids is 1. The highest BCUT2D eigenvalue weighted by atomic mass is 19.1. The molecule has 168 valence electrons. The second-order valence-electron chi connectivity index (χ2n) is 9.31. The molecule has 3 atom stereocenters. The van der Waals surface area contributed by atoms with Gasteiger partial charge in [-0.25, -0.2) is 14.4 Å². The van der Waals surface area contributed by atoms with Crippen molar-refractivity contribution >= 4 is 22.8 Å². The minimum absolute atomic E-state index is 0.0120. The number of rotatable bonds is 5. The number of halogens is 1. The summed E-state index contributed by atoms with van der Waals surface area (Å²) in [6.45, 7) is 4.99. The average molecular weight is 438 g/mol. The van der Waals surface area contributed by atoms with E-state index in [1.807, 2.05) is 12.3 Å². The van der Waals surface area contributed by atoms with E-state index in [1.54, 1.807) is 32.3 Å². The Hall–Kier alpha value is -3.00. The van der Waals surface area contributed by atoms with Crippen LogP contribution in [0.25, 0.3) is 11.0 Å². The third kappa shape index (κ3) is 3.62. The van der Waals surface area contributed by atoms with Crippen molar-refractivity contribution in [2.75, 3.05) is 18.0 Å². The number of hydrogen-bond acceptors (Lipinski definition) is 5. The van der Waals surface area contributed by atoms with Crippen molar-refractivity contribution < 1.29 is 14.3 Å². The molecule has 0 radical (unpaired) electrons. The number of anilines is 1. The number of hydrogen-bond donors (Lipinski definition) is 3. The Kier molecular flexibility index (Phi) is 5.12. The number of aromatic nitrogens is 3. The minimum Gasteiger partial charge on any atom is -0.386 e. The highest BCUT2D eigenvalue weighted by Gasteiger charge is 2.55. The van der Waals surface area contributed by atoms with Crippen LogP contribution < -0.4 is 10.2 Å². The fourth-order valence-electron chi connectivity index (χ4n) is 5.07. The molecule has 1 aromatic carbocycles. The maximum Gasteiger partial charge on any atom is 0.224 e. The maximum atomic E-state index is 13.6. The topological polar surface area (TPSA) is 94.1 Å². The Morgan fingerprint density at radius 3 is 2.91 bits per heavy atom. The number of fused-ring (bicyclic) bond motifs is 1. The number of H-pyrrole nitrogens is 1. The van der Waals surface area contributed by atoms with Crippen LogP contribution in [-0.2, 0) is 4.79 Å². The highest BCUT2D eigenvalue weighted by molar-refractivity contribution is 5.87. The molecule has 3 aromatic rings. The van der Waals surface area contributed by atoms with Crippen molar-refractivity contribution in [3.05, 3.63) is 53.7 Å². The third-order valence-electron chi connectivity index (χ3n) is 7.14. The molecule has 1 amide bonds. The summed E-state index contributed by atoms with van der Waals surface area (Å²) >= 11 is 0. The monoisotopic (exact) mass is 437 g/mol. The normalized spacial score (nSPS) is 21.5. The molecule has 1 saturated heterocycles. The number of carbonyl (C=O) groups is 1. The van der Waals surface area contributed by atoms with Gasteiger partial charge in [0.25, 0.3) is 0 Å². The van der Waals surface area contributed by atoms with Crippen molar-refractivity contribution in [3.8, 4) is 0 Å². The molecule has 3 N–H and O–H groups in total. The summed E-state index contributed by atoms with van der Waals surface area (Å²) in [5.41, 5.74) is 1.85. The molecule has 2 aromatic heterocycles. The Labute approximate surface area is 186 Å². The van der Waals surface area contributed by atoms with Crippen LogP contribution in [0.3, 0.4) is 0 Å². The first-order chi connectivity index (χ1) is 15.4. The molecule has 1 aliphatic carbocycles. The van der Waals surface area contributed by atoms with Crippen LogP contribution in [0.4, 0.5) is 10.2 Å². The SMILES string of the molecule is Cc1cc([C@H](O)[C@H](C)NC(=O)[C@H]2CCN(c3ncnc4[nH]ccc34)CC23CC3)ccc1F. The van der Waals surface area contributed by atoms with Crippen molar-refractivity contribution in [3.63, 3.8) is 0 Å². The number of aromatic amines is 1. The number of aryl methyl sites for hydroxylation is 1. The van der Waals surface area contributed by atoms with Gasteiger partial charge in [0.2, 0.25) is 5.91 Å². The number of piperidine rings is 1. The minimum atomic E-state index is -0.892. The van der Waals surface area contributed by atoms with Crippen LogP contribution in [0, 0.1) is 24.1 Å². The van der Waals surface area contributed by atoms with Crippen LogP contribution in [0.1, 0.15) is 43.4 Å². The van der Waals surface area contributed by atoms with E-state index in [0.717, 1.165) is 49.2 Å². The van der Waals surface area contributed by atoms with Gasteiger partial charge in [-0.05, 0) is 61.8 Å². The Morgan fingerprint density at radius 2 is 2.16 bits per heavy atom. The van der Waals surface area contributed by atoms with Crippen LogP contribution in [0.5, 0.6) is 0 Å². The van der Waals surface area contributed by atoms with Gasteiger partial charge in [0, 0.05) is 25.2 Å². The van der Waals surface area contributed by atoms with Gasteiger partial charge in [-0.3, -0.25) is 4.79 Å². The lowest BCUT2D eigenvalue weighted by Gasteiger charge is -2.39. The zero-order chi connectivity index (χ0) is 22.5. The number of nitrogens with zero attached hydrogens (tertiary/aromatic N) is 3. The van der Waals surface area contributed by atoms with Gasteiger partial charge in [-0.15, -0.1) is 0 Å². The predicted molar refractivity (Wildman–Crippen MR) is 120 cm³/mol. The van der Waals surface area contributed by atoms with E-state index in [2.05, 4.69) is 25.2 Å². The summed E-state index contributed by atoms with van der Waals surface area (Å²) in [6, 6.07) is 6.07. The Bertz CT molecular complexity index is 1160. The zero-order valence-corrected chi connectivity index (χ0v) is 18.3. The summed E-state index contributed by atoms with van der Waals surface area (Å²) in [4.78, 5) is 27.4. The maximum absolute atomic E-state index is 13.6. The Balaban J connectivity index is 1.27. The van der Waals surface area contributed by atoms with Gasteiger partial charge in [0.15, 0.2) is 0 Å². The number of aliphatic hydroxyl groups is 1. The molecule has 7 nitrogen and oxygen atoms in total. The first-order valence-corrected chi connectivity index (χ1v) is 11.2. The van der Waals surface area contributed by atoms with Crippen molar-refractivity contribution in [1.82, 2.24) is 20.3 Å². The van der Waals surface area contributed by atoms with E-state index < -0.39 is 12.1 Å². The van der Waals surface area contributed by atoms with Gasteiger partial charge in [0.05, 0.1) is 17.5 Å². The first kappa shape index (κ1) is 20.9. The quantitative estimate of drug-likeness (QED) is 0.570. The number of benzene rings is 1. The van der Waals surface area contributed by atoms with Crippen LogP contribution in [0.15, 0.2) is 36.8 Å². The molecule has 2 fully saturated rings. The second-order valence-corrected chi connectivity index (χ2v) is 9.31. The summed E-state index contributed by atoms with van der Waals surface area (Å²) < 4.78 is 13.6. The van der Waals surface area contributed by atoms with E-state index in [4.69, 9.17) is 0 Å². The van der Waals surface area contributed by atoms with Gasteiger partial charge in [0.1, 0.15) is 23.6 Å². The Morgan fingerprint density at radius 1 is 1.34 bits per heavy atom. The van der Waals surface area contributed by atoms with E-state index in [9.17, 15) is 14.3 Å². The lowest BCUT2D eigenvalue weighted by Crippen LogP contribution is -2.50. The van der Waals surface area contributed by atoms with Crippen LogP contribution in [-0.4, -0.2) is 45.1 Å². The number of amides is 1. The van der Waals surface area contributed by atoms with E-state index in [0.29, 0.717) is 11.1 Å². The van der Waals surface area contributed by atoms with Gasteiger partial charge in [-0.2, -0.15) is 0 Å². The summed E-state index contributed by atoms with van der Waals surface area (Å²) in [7, 11) is 0. The van der Waals surface area contributed by atoms with E-state index in [1.165, 1.54) is 6.07 Å². The van der Waals surface area contributed by atoms with E-state index >= 15 is 0 Å². The number of nitrogens with one attached hydrogen (secondary N) is 2. The molecule has 1 aliphatic heterocycles. The molecule has 0 bridgehead atoms. The van der Waals surface area contributed by atoms with E-state index in [-0.39, 0.29) is 23.1 Å². The zero-order valence-electron chi connectivity index (χ0n) is 18.3. The second kappa shape index (κ2) is 7.85. The molecule has 8 heteroatoms. The standard InChI is InChI=1S/C24H28FN5O2/c1-14-11-16(3-4-19(14)25)20(31)15(2)29-23(32)18-6-10-30(12-24(18)7-8-24)22-17-5-9-26-21(17)27-13-28-22/h3-5,9,11,13,15,18,20,31H,6-8,10,12H2,1-2H3,(H,29,32)(H,26,27,28)/t15-,18+,20+/m0/s1. The molecule has 1 spiro atoms. The fourth-order valence-corrected chi connectivity index (χ4v) is 5.07.